The molecule has 0 radical (unpaired) electrons. The van der Waals surface area contributed by atoms with Crippen LogP contribution in [0.5, 0.6) is 11.5 Å². The van der Waals surface area contributed by atoms with Crippen molar-refractivity contribution in [3.8, 4) is 43.6 Å². The number of carbonyl (C=O) groups excluding carboxylic acids is 3. The van der Waals surface area contributed by atoms with Crippen molar-refractivity contribution < 1.29 is 79.6 Å². The first kappa shape index (κ1) is 71.1. The molecule has 1 unspecified atom stereocenters. The Morgan fingerprint density at radius 1 is 0.802 bits per heavy atom. The van der Waals surface area contributed by atoms with Crippen molar-refractivity contribution >= 4 is 111 Å². The number of carbonyl (C=O) groups is 3. The second kappa shape index (κ2) is 26.2. The van der Waals surface area contributed by atoms with Gasteiger partial charge in [-0.3, -0.25) is 27.8 Å². The molecule has 5 aliphatic heterocycles. The number of pyridine rings is 1. The van der Waals surface area contributed by atoms with E-state index in [0.717, 1.165) is 60.4 Å². The molecule has 5 aliphatic rings. The standard InChI is InChI=1S/C69H65F5N8O13S6/c1-67(2)45-28-57(99(86,87)88)97-62(45)41-26-43-52(31-50(41)79(67)5)95-53-32-51-42(63-46(68(3,4)80(51)6)29-58(98-63)100(89,90)91)27-44(53)59(43)60-61(71)54(30-47(70)64(60)101(92,93)94-7)96-35-56(84)75-23-10-8-9-16-55(83)76-33-36-17-19-39(20-18-36)77-66(85)82-40-15-12-24-81(34-40)49-22-21-48(78-65(49)82)37-13-11-14-38(25-37)69(72,73)74/h11,13-14,17-22,25-32,40H,8-10,12,15-16,23-24,33-35H2,1-7H3,(H4-,75,76,77,83,84,85,86,87,88,89,90,91)/p+1. The van der Waals surface area contributed by atoms with Gasteiger partial charge in [0, 0.05) is 119 Å². The van der Waals surface area contributed by atoms with Crippen LogP contribution >= 0.6 is 34.4 Å². The summed E-state index contributed by atoms with van der Waals surface area (Å²) in [5.74, 6) is -3.64. The second-order valence-electron chi connectivity index (χ2n) is 26.1. The lowest BCUT2D eigenvalue weighted by Gasteiger charge is -2.45. The minimum absolute atomic E-state index is 0.00820. The Balaban J connectivity index is 0.698. The van der Waals surface area contributed by atoms with Crippen LogP contribution < -0.4 is 50.5 Å². The number of anilines is 4. The molecule has 13 rings (SSSR count). The van der Waals surface area contributed by atoms with Crippen LogP contribution in [0.25, 0.3) is 37.7 Å². The molecule has 5 aromatic carbocycles. The Morgan fingerprint density at radius 2 is 1.50 bits per heavy atom. The molecule has 0 spiro atoms. The molecule has 101 heavy (non-hydrogen) atoms. The van der Waals surface area contributed by atoms with E-state index in [1.807, 2.05) is 37.2 Å². The van der Waals surface area contributed by atoms with Gasteiger partial charge in [-0.2, -0.15) is 38.4 Å². The maximum absolute atomic E-state index is 18.3. The SMILES string of the molecule is COS(=O)(=O)c1c(F)cc(SCC(=O)NCCCCCC(=O)NCc2ccc(NC(=O)N3c4nc(-c5cccc(C(F)(F)F)c5)ccc4N4CCCC3C4)cc2)c(F)c1C1=c2cc3c(cc2Oc2cc4c(cc21)-c1sc(S(=O)(=O)O)cc1C(C)(C)N4C)=[N+](C)C(C)(C)c1cc(S(=O)(=O)O)sc1-3. The van der Waals surface area contributed by atoms with Crippen LogP contribution in [0.4, 0.5) is 49.6 Å². The van der Waals surface area contributed by atoms with Gasteiger partial charge in [0.2, 0.25) is 17.2 Å². The molecule has 1 saturated heterocycles. The van der Waals surface area contributed by atoms with Gasteiger partial charge in [-0.1, -0.05) is 30.7 Å². The molecule has 3 aromatic heterocycles. The number of amides is 4. The number of nitrogens with one attached hydrogen (secondary N) is 3. The number of thiophene rings is 2. The number of hydrogen-bond donors (Lipinski definition) is 5. The highest BCUT2D eigenvalue weighted by molar-refractivity contribution is 8.00. The van der Waals surface area contributed by atoms with Crippen LogP contribution in [-0.4, -0.2) is 110 Å². The third-order valence-corrected chi connectivity index (χ3v) is 26.6. The van der Waals surface area contributed by atoms with Gasteiger partial charge in [0.25, 0.3) is 10.1 Å². The molecule has 1 atom stereocenters. The van der Waals surface area contributed by atoms with Gasteiger partial charge in [-0.25, -0.2) is 23.1 Å². The summed E-state index contributed by atoms with van der Waals surface area (Å²) >= 11 is 2.10. The summed E-state index contributed by atoms with van der Waals surface area (Å²) in [6.07, 6.45) is -1.46. The summed E-state index contributed by atoms with van der Waals surface area (Å²) in [6.45, 7) is 8.97. The van der Waals surface area contributed by atoms with Crippen molar-refractivity contribution in [2.45, 2.75) is 114 Å². The normalized spacial score (nSPS) is 16.4. The highest BCUT2D eigenvalue weighted by Gasteiger charge is 2.45. The summed E-state index contributed by atoms with van der Waals surface area (Å²) in [6, 6.07) is 24.1. The van der Waals surface area contributed by atoms with Crippen LogP contribution in [0.1, 0.15) is 99.6 Å². The molecular weight excluding hydrogens is 1440 g/mol. The highest BCUT2D eigenvalue weighted by atomic mass is 32.3. The van der Waals surface area contributed by atoms with E-state index in [1.54, 1.807) is 73.6 Å². The zero-order valence-electron chi connectivity index (χ0n) is 55.1. The number of halogens is 5. The smallest absolute Gasteiger partial charge is 0.416 e. The van der Waals surface area contributed by atoms with Crippen LogP contribution in [-0.2, 0) is 67.9 Å². The lowest BCUT2D eigenvalue weighted by molar-refractivity contribution is -0.137. The maximum atomic E-state index is 18.3. The van der Waals surface area contributed by atoms with Crippen LogP contribution in [0.2, 0.25) is 0 Å². The van der Waals surface area contributed by atoms with E-state index in [2.05, 4.69) is 20.9 Å². The zero-order chi connectivity index (χ0) is 72.4. The molecule has 0 aliphatic carbocycles. The molecule has 8 aromatic rings. The van der Waals surface area contributed by atoms with E-state index in [0.29, 0.717) is 116 Å². The van der Waals surface area contributed by atoms with Crippen molar-refractivity contribution in [1.82, 2.24) is 20.2 Å². The highest BCUT2D eigenvalue weighted by Crippen LogP contribution is 2.56. The first-order valence-electron chi connectivity index (χ1n) is 31.8. The third-order valence-electron chi connectivity index (χ3n) is 19.3. The lowest BCUT2D eigenvalue weighted by atomic mass is 9.83. The van der Waals surface area contributed by atoms with E-state index in [1.165, 1.54) is 30.3 Å². The summed E-state index contributed by atoms with van der Waals surface area (Å²) in [7, 11) is -10.4. The fraction of sp³-hybridized carbons (Fsp3) is 0.319. The van der Waals surface area contributed by atoms with E-state index in [-0.39, 0.29) is 73.3 Å². The van der Waals surface area contributed by atoms with Gasteiger partial charge < -0.3 is 30.5 Å². The minimum Gasteiger partial charge on any atom is -0.456 e. The largest absolute Gasteiger partial charge is 0.456 e. The molecule has 530 valence electrons. The third kappa shape index (κ3) is 13.2. The van der Waals surface area contributed by atoms with Crippen molar-refractivity contribution in [1.29, 1.82) is 0 Å². The number of alkyl halides is 3. The molecule has 21 nitrogen and oxygen atoms in total. The van der Waals surface area contributed by atoms with Gasteiger partial charge in [0.1, 0.15) is 43.5 Å². The van der Waals surface area contributed by atoms with Crippen molar-refractivity contribution in [2.75, 3.05) is 66.6 Å². The Labute approximate surface area is 590 Å². The van der Waals surface area contributed by atoms with Crippen LogP contribution in [0.15, 0.2) is 121 Å². The molecular formula is C69H66F5N8O13S6+. The number of aromatic nitrogens is 1. The molecule has 5 N–H and O–H groups in total. The molecule has 2 bridgehead atoms. The molecule has 32 heteroatoms. The molecule has 0 saturated carbocycles. The number of piperidine rings is 1. The number of nitrogens with zero attached hydrogens (tertiary/aromatic N) is 5. The number of hydrogen-bond acceptors (Lipinski definition) is 17. The number of ether oxygens (including phenoxy) is 1. The quantitative estimate of drug-likeness (QED) is 0.0133. The number of benzene rings is 5. The average Bonchev–Trinajstić information content (AvgIpc) is 1.70. The monoisotopic (exact) mass is 1500 g/mol. The summed E-state index contributed by atoms with van der Waals surface area (Å²) in [4.78, 5) is 49.9. The summed E-state index contributed by atoms with van der Waals surface area (Å²) in [5, 5.41) is 9.05. The van der Waals surface area contributed by atoms with E-state index in [9.17, 15) is 61.9 Å². The topological polar surface area (TPSA) is 274 Å². The predicted octanol–water partition coefficient (Wildman–Crippen LogP) is 11.8. The summed E-state index contributed by atoms with van der Waals surface area (Å²) < 4.78 is 189. The van der Waals surface area contributed by atoms with Gasteiger partial charge in [-0.05, 0) is 117 Å². The number of fused-ring (bicyclic) bond motifs is 12. The minimum atomic E-state index is -5.18. The predicted molar refractivity (Wildman–Crippen MR) is 374 cm³/mol. The Bertz CT molecular complexity index is 5320. The fourth-order valence-corrected chi connectivity index (χ4v) is 19.3. The van der Waals surface area contributed by atoms with Crippen molar-refractivity contribution in [3.05, 3.63) is 159 Å². The fourth-order valence-electron chi connectivity index (χ4n) is 13.5. The van der Waals surface area contributed by atoms with Crippen LogP contribution in [0.3, 0.4) is 0 Å². The van der Waals surface area contributed by atoms with Crippen LogP contribution in [0, 0.1) is 11.6 Å². The number of urea groups is 1. The Hall–Kier alpha value is -8.34. The van der Waals surface area contributed by atoms with E-state index < -0.39 is 97.9 Å². The van der Waals surface area contributed by atoms with E-state index in [4.69, 9.17) is 13.9 Å². The first-order valence-corrected chi connectivity index (χ1v) is 38.7. The first-order chi connectivity index (χ1) is 47.5. The number of rotatable bonds is 18. The second-order valence-corrected chi connectivity index (χ2v) is 34.2. The lowest BCUT2D eigenvalue weighted by Crippen LogP contribution is -2.56. The number of unbranched alkanes of at least 4 members (excludes halogenated alkanes) is 2. The van der Waals surface area contributed by atoms with Gasteiger partial charge in [0.05, 0.1) is 57.9 Å². The number of thioether (sulfide) groups is 1. The average molecular weight is 1500 g/mol. The summed E-state index contributed by atoms with van der Waals surface area (Å²) in [5.41, 5.74) is 0.875. The van der Waals surface area contributed by atoms with Crippen molar-refractivity contribution in [3.63, 3.8) is 0 Å². The Morgan fingerprint density at radius 3 is 2.20 bits per heavy atom. The molecule has 4 amide bonds. The Kier molecular flexibility index (Phi) is 18.4. The van der Waals surface area contributed by atoms with E-state index >= 15 is 8.78 Å². The van der Waals surface area contributed by atoms with Crippen molar-refractivity contribution in [2.24, 2.45) is 0 Å². The van der Waals surface area contributed by atoms with Gasteiger partial charge >= 0.3 is 32.4 Å². The maximum Gasteiger partial charge on any atom is 0.416 e. The molecule has 8 heterocycles. The zero-order valence-corrected chi connectivity index (χ0v) is 60.0. The van der Waals surface area contributed by atoms with Gasteiger partial charge in [0.15, 0.2) is 11.4 Å². The van der Waals surface area contributed by atoms with Gasteiger partial charge in [-0.15, -0.1) is 34.4 Å². The molecule has 1 fully saturated rings.